The number of carboxylic acid groups (broad SMARTS) is 1. The summed E-state index contributed by atoms with van der Waals surface area (Å²) in [5.41, 5.74) is 0.394. The Morgan fingerprint density at radius 3 is 2.79 bits per heavy atom. The van der Waals surface area contributed by atoms with E-state index in [1.807, 2.05) is 0 Å². The predicted octanol–water partition coefficient (Wildman–Crippen LogP) is 1.73. The number of halogens is 1. The normalized spacial score (nSPS) is 18.7. The van der Waals surface area contributed by atoms with Gasteiger partial charge >= 0.3 is 11.9 Å². The van der Waals surface area contributed by atoms with Crippen LogP contribution in [0.2, 0.25) is 0 Å². The molecular weight excluding hydrogens is 338 g/mol. The van der Waals surface area contributed by atoms with Gasteiger partial charge in [0.1, 0.15) is 4.88 Å². The SMILES string of the molecule is COC(=O)c1scc(Br)c1N1CC(C(=O)O)CC1=O. The average molecular weight is 348 g/mol. The molecule has 1 saturated heterocycles. The number of carbonyl (C=O) groups is 3. The van der Waals surface area contributed by atoms with Crippen LogP contribution in [0.1, 0.15) is 16.1 Å². The van der Waals surface area contributed by atoms with Crippen molar-refractivity contribution in [2.75, 3.05) is 18.6 Å². The maximum atomic E-state index is 11.9. The third kappa shape index (κ3) is 2.50. The van der Waals surface area contributed by atoms with Gasteiger partial charge in [0.05, 0.1) is 23.2 Å². The fourth-order valence-electron chi connectivity index (χ4n) is 1.91. The van der Waals surface area contributed by atoms with E-state index in [2.05, 4.69) is 20.7 Å². The molecule has 0 aliphatic carbocycles. The molecule has 102 valence electrons. The van der Waals surface area contributed by atoms with Gasteiger partial charge in [-0.15, -0.1) is 11.3 Å². The van der Waals surface area contributed by atoms with Gasteiger partial charge in [-0.05, 0) is 15.9 Å². The molecule has 2 heterocycles. The second-order valence-corrected chi connectivity index (χ2v) is 5.73. The van der Waals surface area contributed by atoms with E-state index in [4.69, 9.17) is 5.11 Å². The van der Waals surface area contributed by atoms with Crippen molar-refractivity contribution >= 4 is 50.8 Å². The number of carbonyl (C=O) groups excluding carboxylic acids is 2. The molecule has 1 atom stereocenters. The van der Waals surface area contributed by atoms with Gasteiger partial charge in [-0.3, -0.25) is 9.59 Å². The maximum absolute atomic E-state index is 11.9. The predicted molar refractivity (Wildman–Crippen MR) is 71.5 cm³/mol. The van der Waals surface area contributed by atoms with Crippen molar-refractivity contribution in [1.29, 1.82) is 0 Å². The summed E-state index contributed by atoms with van der Waals surface area (Å²) in [6.45, 7) is 0.0630. The zero-order chi connectivity index (χ0) is 14.2. The molecule has 2 rings (SSSR count). The molecular formula is C11H10BrNO5S. The molecule has 0 spiro atoms. The quantitative estimate of drug-likeness (QED) is 0.841. The molecule has 1 aliphatic heterocycles. The molecule has 6 nitrogen and oxygen atoms in total. The van der Waals surface area contributed by atoms with E-state index in [-0.39, 0.29) is 23.7 Å². The lowest BCUT2D eigenvalue weighted by Crippen LogP contribution is -2.27. The van der Waals surface area contributed by atoms with Gasteiger partial charge in [-0.2, -0.15) is 0 Å². The summed E-state index contributed by atoms with van der Waals surface area (Å²) in [5.74, 6) is -2.61. The number of anilines is 1. The van der Waals surface area contributed by atoms with E-state index in [0.29, 0.717) is 10.2 Å². The lowest BCUT2D eigenvalue weighted by atomic mass is 10.1. The lowest BCUT2D eigenvalue weighted by molar-refractivity contribution is -0.141. The van der Waals surface area contributed by atoms with Crippen LogP contribution >= 0.6 is 27.3 Å². The lowest BCUT2D eigenvalue weighted by Gasteiger charge is -2.17. The maximum Gasteiger partial charge on any atom is 0.350 e. The summed E-state index contributed by atoms with van der Waals surface area (Å²) in [6, 6.07) is 0. The largest absolute Gasteiger partial charge is 0.481 e. The fourth-order valence-corrected chi connectivity index (χ4v) is 3.58. The highest BCUT2D eigenvalue weighted by Gasteiger charge is 2.38. The minimum atomic E-state index is -1.01. The van der Waals surface area contributed by atoms with Crippen molar-refractivity contribution in [3.05, 3.63) is 14.7 Å². The Morgan fingerprint density at radius 2 is 2.26 bits per heavy atom. The molecule has 0 radical (unpaired) electrons. The number of rotatable bonds is 3. The zero-order valence-corrected chi connectivity index (χ0v) is 12.3. The second-order valence-electron chi connectivity index (χ2n) is 4.00. The van der Waals surface area contributed by atoms with Crippen LogP contribution in [0.4, 0.5) is 5.69 Å². The minimum absolute atomic E-state index is 0.0573. The van der Waals surface area contributed by atoms with Gasteiger partial charge in [-0.1, -0.05) is 0 Å². The molecule has 1 amide bonds. The Balaban J connectivity index is 2.37. The van der Waals surface area contributed by atoms with Crippen molar-refractivity contribution < 1.29 is 24.2 Å². The van der Waals surface area contributed by atoms with E-state index in [1.54, 1.807) is 5.38 Å². The number of amides is 1. The van der Waals surface area contributed by atoms with Crippen molar-refractivity contribution in [1.82, 2.24) is 0 Å². The Bertz CT molecular complexity index is 555. The molecule has 1 fully saturated rings. The molecule has 0 bridgehead atoms. The number of aliphatic carboxylic acids is 1. The summed E-state index contributed by atoms with van der Waals surface area (Å²) >= 11 is 4.42. The van der Waals surface area contributed by atoms with Crippen LogP contribution < -0.4 is 4.90 Å². The van der Waals surface area contributed by atoms with E-state index < -0.39 is 17.9 Å². The van der Waals surface area contributed by atoms with Crippen LogP contribution in [0, 0.1) is 5.92 Å². The van der Waals surface area contributed by atoms with Gasteiger partial charge in [0.2, 0.25) is 5.91 Å². The van der Waals surface area contributed by atoms with E-state index in [0.717, 1.165) is 11.3 Å². The molecule has 19 heavy (non-hydrogen) atoms. The molecule has 8 heteroatoms. The summed E-state index contributed by atoms with van der Waals surface area (Å²) in [5, 5.41) is 10.6. The Labute approximate surface area is 121 Å². The molecule has 1 N–H and O–H groups in total. The standard InChI is InChI=1S/C11H10BrNO5S/c1-18-11(17)9-8(6(12)4-19-9)13-3-5(10(15)16)2-7(13)14/h4-5H,2-3H2,1H3,(H,15,16). The summed E-state index contributed by atoms with van der Waals surface area (Å²) in [4.78, 5) is 36.1. The first-order valence-corrected chi connectivity index (χ1v) is 7.01. The van der Waals surface area contributed by atoms with Crippen LogP contribution in [0.15, 0.2) is 9.85 Å². The van der Waals surface area contributed by atoms with Crippen LogP contribution in [0.3, 0.4) is 0 Å². The monoisotopic (exact) mass is 347 g/mol. The van der Waals surface area contributed by atoms with Crippen LogP contribution in [0.5, 0.6) is 0 Å². The number of nitrogens with zero attached hydrogens (tertiary/aromatic N) is 1. The van der Waals surface area contributed by atoms with Crippen molar-refractivity contribution in [2.24, 2.45) is 5.92 Å². The number of ether oxygens (including phenoxy) is 1. The van der Waals surface area contributed by atoms with E-state index in [1.165, 1.54) is 12.0 Å². The van der Waals surface area contributed by atoms with Crippen LogP contribution in [-0.2, 0) is 14.3 Å². The summed E-state index contributed by atoms with van der Waals surface area (Å²) in [7, 11) is 1.26. The second kappa shape index (κ2) is 5.30. The minimum Gasteiger partial charge on any atom is -0.481 e. The summed E-state index contributed by atoms with van der Waals surface area (Å²) < 4.78 is 5.24. The summed E-state index contributed by atoms with van der Waals surface area (Å²) in [6.07, 6.45) is -0.0573. The molecule has 1 aliphatic rings. The third-order valence-corrected chi connectivity index (χ3v) is 4.69. The topological polar surface area (TPSA) is 83.9 Å². The van der Waals surface area contributed by atoms with Gasteiger partial charge < -0.3 is 14.7 Å². The number of hydrogen-bond donors (Lipinski definition) is 1. The number of thiophene rings is 1. The van der Waals surface area contributed by atoms with E-state index >= 15 is 0 Å². The highest BCUT2D eigenvalue weighted by Crippen LogP contribution is 2.39. The van der Waals surface area contributed by atoms with Gasteiger partial charge in [0.15, 0.2) is 0 Å². The van der Waals surface area contributed by atoms with Crippen molar-refractivity contribution in [3.63, 3.8) is 0 Å². The van der Waals surface area contributed by atoms with Crippen LogP contribution in [-0.4, -0.2) is 36.6 Å². The first-order valence-electron chi connectivity index (χ1n) is 5.34. The molecule has 1 aromatic rings. The smallest absolute Gasteiger partial charge is 0.350 e. The number of esters is 1. The van der Waals surface area contributed by atoms with Crippen molar-refractivity contribution in [3.8, 4) is 0 Å². The molecule has 0 saturated carbocycles. The third-order valence-electron chi connectivity index (χ3n) is 2.84. The molecule has 1 unspecified atom stereocenters. The molecule has 1 aromatic heterocycles. The first kappa shape index (κ1) is 14.0. The highest BCUT2D eigenvalue weighted by molar-refractivity contribution is 9.10. The van der Waals surface area contributed by atoms with Crippen molar-refractivity contribution in [2.45, 2.75) is 6.42 Å². The highest BCUT2D eigenvalue weighted by atomic mass is 79.9. The fraction of sp³-hybridized carbons (Fsp3) is 0.364. The Hall–Kier alpha value is -1.41. The number of carboxylic acids is 1. The Kier molecular flexibility index (Phi) is 3.91. The zero-order valence-electron chi connectivity index (χ0n) is 9.88. The van der Waals surface area contributed by atoms with Crippen LogP contribution in [0.25, 0.3) is 0 Å². The van der Waals surface area contributed by atoms with Gasteiger partial charge in [0.25, 0.3) is 0 Å². The number of methoxy groups -OCH3 is 1. The first-order chi connectivity index (χ1) is 8.95. The average Bonchev–Trinajstić information content (AvgIpc) is 2.91. The van der Waals surface area contributed by atoms with E-state index in [9.17, 15) is 14.4 Å². The van der Waals surface area contributed by atoms with Gasteiger partial charge in [0, 0.05) is 18.3 Å². The Morgan fingerprint density at radius 1 is 1.58 bits per heavy atom. The molecule has 0 aromatic carbocycles. The van der Waals surface area contributed by atoms with Gasteiger partial charge in [-0.25, -0.2) is 4.79 Å². The number of hydrogen-bond acceptors (Lipinski definition) is 5.